The Morgan fingerprint density at radius 2 is 2.05 bits per heavy atom. The van der Waals surface area contributed by atoms with Crippen molar-refractivity contribution < 1.29 is 0 Å². The Kier molecular flexibility index (Phi) is 5.00. The summed E-state index contributed by atoms with van der Waals surface area (Å²) in [5.41, 5.74) is 7.69. The zero-order chi connectivity index (χ0) is 13.7. The molecule has 0 radical (unpaired) electrons. The van der Waals surface area contributed by atoms with E-state index in [1.54, 1.807) is 0 Å². The van der Waals surface area contributed by atoms with Crippen molar-refractivity contribution in [3.8, 4) is 0 Å². The quantitative estimate of drug-likeness (QED) is 0.851. The zero-order valence-electron chi connectivity index (χ0n) is 12.4. The summed E-state index contributed by atoms with van der Waals surface area (Å²) in [6.07, 6.45) is 4.93. The third-order valence-corrected chi connectivity index (χ3v) is 4.86. The van der Waals surface area contributed by atoms with Crippen LogP contribution in [0.2, 0.25) is 0 Å². The molecule has 2 nitrogen and oxygen atoms in total. The van der Waals surface area contributed by atoms with Gasteiger partial charge >= 0.3 is 0 Å². The Morgan fingerprint density at radius 1 is 1.32 bits per heavy atom. The van der Waals surface area contributed by atoms with Crippen LogP contribution in [-0.4, -0.2) is 30.1 Å². The Labute approximate surface area is 118 Å². The van der Waals surface area contributed by atoms with Gasteiger partial charge in [-0.3, -0.25) is 4.90 Å². The Hall–Kier alpha value is -0.860. The second-order valence-corrected chi connectivity index (χ2v) is 6.20. The number of rotatable bonds is 6. The molecule has 1 fully saturated rings. The largest absolute Gasteiger partial charge is 0.329 e. The number of aryl methyl sites for hydroxylation is 1. The predicted octanol–water partition coefficient (Wildman–Crippen LogP) is 3.07. The maximum Gasteiger partial charge on any atom is 0.0306 e. The van der Waals surface area contributed by atoms with E-state index in [0.717, 1.165) is 25.3 Å². The van der Waals surface area contributed by atoms with Gasteiger partial charge in [-0.25, -0.2) is 0 Å². The molecule has 1 saturated heterocycles. The van der Waals surface area contributed by atoms with E-state index in [1.807, 2.05) is 0 Å². The van der Waals surface area contributed by atoms with Gasteiger partial charge in [-0.05, 0) is 44.2 Å². The highest BCUT2D eigenvalue weighted by molar-refractivity contribution is 5.15. The fraction of sp³-hybridized carbons (Fsp3) is 0.647. The molecule has 0 bridgehead atoms. The van der Waals surface area contributed by atoms with Gasteiger partial charge in [0.1, 0.15) is 0 Å². The molecule has 2 unspecified atom stereocenters. The number of benzene rings is 1. The van der Waals surface area contributed by atoms with E-state index in [-0.39, 0.29) is 5.54 Å². The van der Waals surface area contributed by atoms with E-state index in [1.165, 1.54) is 31.5 Å². The van der Waals surface area contributed by atoms with E-state index >= 15 is 0 Å². The molecule has 1 aliphatic rings. The minimum atomic E-state index is 0.166. The molecule has 2 rings (SSSR count). The van der Waals surface area contributed by atoms with Crippen molar-refractivity contribution >= 4 is 0 Å². The van der Waals surface area contributed by atoms with Crippen molar-refractivity contribution in [1.29, 1.82) is 0 Å². The Morgan fingerprint density at radius 3 is 2.63 bits per heavy atom. The van der Waals surface area contributed by atoms with Crippen molar-refractivity contribution in [3.63, 3.8) is 0 Å². The molecule has 2 N–H and O–H groups in total. The minimum absolute atomic E-state index is 0.166. The Bertz CT molecular complexity index is 376. The van der Waals surface area contributed by atoms with Crippen LogP contribution < -0.4 is 5.73 Å². The fourth-order valence-electron chi connectivity index (χ4n) is 3.10. The van der Waals surface area contributed by atoms with Gasteiger partial charge in [0.2, 0.25) is 0 Å². The third kappa shape index (κ3) is 3.58. The van der Waals surface area contributed by atoms with Crippen LogP contribution >= 0.6 is 0 Å². The summed E-state index contributed by atoms with van der Waals surface area (Å²) in [4.78, 5) is 2.63. The molecule has 0 saturated carbocycles. The SMILES string of the molecule is CCC1CCN(C(C)(CN)CCc2ccccc2)C1. The maximum atomic E-state index is 6.10. The first-order valence-corrected chi connectivity index (χ1v) is 7.67. The Balaban J connectivity index is 1.94. The van der Waals surface area contributed by atoms with E-state index in [9.17, 15) is 0 Å². The monoisotopic (exact) mass is 260 g/mol. The molecular weight excluding hydrogens is 232 g/mol. The summed E-state index contributed by atoms with van der Waals surface area (Å²) in [6, 6.07) is 10.8. The van der Waals surface area contributed by atoms with Gasteiger partial charge in [0.25, 0.3) is 0 Å². The van der Waals surface area contributed by atoms with Gasteiger partial charge < -0.3 is 5.73 Å². The lowest BCUT2D eigenvalue weighted by Crippen LogP contribution is -2.50. The summed E-state index contributed by atoms with van der Waals surface area (Å²) < 4.78 is 0. The van der Waals surface area contributed by atoms with E-state index in [0.29, 0.717) is 0 Å². The molecule has 0 amide bonds. The average Bonchev–Trinajstić information content (AvgIpc) is 2.95. The minimum Gasteiger partial charge on any atom is -0.329 e. The molecule has 19 heavy (non-hydrogen) atoms. The molecule has 1 aliphatic heterocycles. The number of hydrogen-bond donors (Lipinski definition) is 1. The van der Waals surface area contributed by atoms with Crippen molar-refractivity contribution in [2.24, 2.45) is 11.7 Å². The van der Waals surface area contributed by atoms with Gasteiger partial charge in [0.05, 0.1) is 0 Å². The fourth-order valence-corrected chi connectivity index (χ4v) is 3.10. The van der Waals surface area contributed by atoms with Gasteiger partial charge in [-0.15, -0.1) is 0 Å². The molecule has 2 heteroatoms. The molecule has 0 aliphatic carbocycles. The standard InChI is InChI=1S/C17H28N2/c1-3-15-10-12-19(13-15)17(2,14-18)11-9-16-7-5-4-6-8-16/h4-8,15H,3,9-14,18H2,1-2H3. The normalized spacial score (nSPS) is 23.4. The van der Waals surface area contributed by atoms with Crippen molar-refractivity contribution in [3.05, 3.63) is 35.9 Å². The predicted molar refractivity (Wildman–Crippen MR) is 82.2 cm³/mol. The van der Waals surface area contributed by atoms with E-state index in [2.05, 4.69) is 49.1 Å². The molecule has 0 spiro atoms. The highest BCUT2D eigenvalue weighted by Gasteiger charge is 2.34. The van der Waals surface area contributed by atoms with Crippen molar-refractivity contribution in [2.75, 3.05) is 19.6 Å². The van der Waals surface area contributed by atoms with Crippen LogP contribution in [0.25, 0.3) is 0 Å². The topological polar surface area (TPSA) is 29.3 Å². The van der Waals surface area contributed by atoms with Crippen LogP contribution in [0.5, 0.6) is 0 Å². The van der Waals surface area contributed by atoms with E-state index < -0.39 is 0 Å². The first kappa shape index (κ1) is 14.5. The first-order valence-electron chi connectivity index (χ1n) is 7.67. The highest BCUT2D eigenvalue weighted by atomic mass is 15.2. The average molecular weight is 260 g/mol. The summed E-state index contributed by atoms with van der Waals surface area (Å²) in [7, 11) is 0. The lowest BCUT2D eigenvalue weighted by molar-refractivity contribution is 0.127. The summed E-state index contributed by atoms with van der Waals surface area (Å²) in [6.45, 7) is 7.86. The van der Waals surface area contributed by atoms with Gasteiger partial charge in [-0.1, -0.05) is 43.7 Å². The smallest absolute Gasteiger partial charge is 0.0306 e. The van der Waals surface area contributed by atoms with Crippen LogP contribution in [0.1, 0.15) is 38.7 Å². The molecule has 1 aromatic carbocycles. The van der Waals surface area contributed by atoms with Gasteiger partial charge in [0.15, 0.2) is 0 Å². The van der Waals surface area contributed by atoms with Gasteiger partial charge in [-0.2, -0.15) is 0 Å². The van der Waals surface area contributed by atoms with Crippen LogP contribution in [0.4, 0.5) is 0 Å². The number of nitrogens with two attached hydrogens (primary N) is 1. The number of nitrogens with zero attached hydrogens (tertiary/aromatic N) is 1. The van der Waals surface area contributed by atoms with Crippen molar-refractivity contribution in [2.45, 2.75) is 45.1 Å². The summed E-state index contributed by atoms with van der Waals surface area (Å²) in [5.74, 6) is 0.877. The van der Waals surface area contributed by atoms with Crippen LogP contribution in [0.15, 0.2) is 30.3 Å². The van der Waals surface area contributed by atoms with E-state index in [4.69, 9.17) is 5.73 Å². The molecule has 2 atom stereocenters. The maximum absolute atomic E-state index is 6.10. The highest BCUT2D eigenvalue weighted by Crippen LogP contribution is 2.29. The summed E-state index contributed by atoms with van der Waals surface area (Å²) >= 11 is 0. The second-order valence-electron chi connectivity index (χ2n) is 6.20. The number of hydrogen-bond acceptors (Lipinski definition) is 2. The molecule has 1 aromatic rings. The van der Waals surface area contributed by atoms with Crippen LogP contribution in [-0.2, 0) is 6.42 Å². The number of likely N-dealkylation sites (tertiary alicyclic amines) is 1. The van der Waals surface area contributed by atoms with Crippen LogP contribution in [0.3, 0.4) is 0 Å². The van der Waals surface area contributed by atoms with Gasteiger partial charge in [0, 0.05) is 18.6 Å². The first-order chi connectivity index (χ1) is 9.18. The van der Waals surface area contributed by atoms with Crippen LogP contribution in [0, 0.1) is 5.92 Å². The zero-order valence-corrected chi connectivity index (χ0v) is 12.4. The lowest BCUT2D eigenvalue weighted by atomic mass is 9.91. The molecular formula is C17H28N2. The molecule has 0 aromatic heterocycles. The van der Waals surface area contributed by atoms with Crippen molar-refractivity contribution in [1.82, 2.24) is 4.90 Å². The third-order valence-electron chi connectivity index (χ3n) is 4.86. The molecule has 106 valence electrons. The lowest BCUT2D eigenvalue weighted by Gasteiger charge is -2.38. The summed E-state index contributed by atoms with van der Waals surface area (Å²) in [5, 5.41) is 0. The molecule has 1 heterocycles. The second kappa shape index (κ2) is 6.53.